The zero-order valence-corrected chi connectivity index (χ0v) is 18.8. The third-order valence-electron chi connectivity index (χ3n) is 7.02. The Morgan fingerprint density at radius 3 is 2.12 bits per heavy atom. The first-order valence-corrected chi connectivity index (χ1v) is 11.5. The molecule has 2 aliphatic carbocycles. The molecule has 0 unspecified atom stereocenters. The number of Topliss-reactive ketones (excluding diaryl/α,β-unsaturated/α-hetero) is 1. The minimum absolute atomic E-state index is 0.0105. The van der Waals surface area contributed by atoms with E-state index in [0.29, 0.717) is 5.56 Å². The van der Waals surface area contributed by atoms with Crippen LogP contribution in [0.1, 0.15) is 40.5 Å². The summed E-state index contributed by atoms with van der Waals surface area (Å²) in [5.41, 5.74) is 0.541. The SMILES string of the molecule is CC[C@H](C(=O)c1ccccc1)N(C(=O)c1ccccc1Cl)N1C(=O)[C@@H]2[C@H](C1=O)[C@H]1C=C[C@H]2C1. The van der Waals surface area contributed by atoms with Crippen molar-refractivity contribution in [2.45, 2.75) is 25.8 Å². The summed E-state index contributed by atoms with van der Waals surface area (Å²) in [6, 6.07) is 14.0. The summed E-state index contributed by atoms with van der Waals surface area (Å²) in [6.45, 7) is 1.76. The van der Waals surface area contributed by atoms with E-state index in [2.05, 4.69) is 0 Å². The fourth-order valence-corrected chi connectivity index (χ4v) is 5.71. The third kappa shape index (κ3) is 3.32. The summed E-state index contributed by atoms with van der Waals surface area (Å²) < 4.78 is 0. The second-order valence-corrected chi connectivity index (χ2v) is 9.18. The van der Waals surface area contributed by atoms with Crippen LogP contribution in [0.5, 0.6) is 0 Å². The van der Waals surface area contributed by atoms with Crippen LogP contribution in [-0.4, -0.2) is 39.6 Å². The molecule has 1 aliphatic heterocycles. The van der Waals surface area contributed by atoms with E-state index in [1.165, 1.54) is 6.07 Å². The van der Waals surface area contributed by atoms with Gasteiger partial charge in [0, 0.05) is 5.56 Å². The van der Waals surface area contributed by atoms with E-state index >= 15 is 0 Å². The third-order valence-corrected chi connectivity index (χ3v) is 7.35. The molecule has 3 amide bonds. The Kier molecular flexibility index (Phi) is 5.41. The first-order valence-electron chi connectivity index (χ1n) is 11.2. The first-order chi connectivity index (χ1) is 15.9. The molecule has 0 radical (unpaired) electrons. The summed E-state index contributed by atoms with van der Waals surface area (Å²) in [4.78, 5) is 54.4. The minimum Gasteiger partial charge on any atom is -0.292 e. The highest BCUT2D eigenvalue weighted by molar-refractivity contribution is 6.34. The average Bonchev–Trinajstić information content (AvgIpc) is 3.52. The Balaban J connectivity index is 1.60. The van der Waals surface area contributed by atoms with Crippen molar-refractivity contribution in [2.75, 3.05) is 0 Å². The van der Waals surface area contributed by atoms with Gasteiger partial charge in [-0.15, -0.1) is 0 Å². The number of allylic oxidation sites excluding steroid dienone is 2. The van der Waals surface area contributed by atoms with Gasteiger partial charge in [-0.3, -0.25) is 19.2 Å². The Bertz CT molecular complexity index is 1150. The molecule has 168 valence electrons. The molecule has 2 aromatic rings. The molecular formula is C26H23ClN2O4. The summed E-state index contributed by atoms with van der Waals surface area (Å²) in [7, 11) is 0. The van der Waals surface area contributed by atoms with Gasteiger partial charge in [-0.2, -0.15) is 5.01 Å². The lowest BCUT2D eigenvalue weighted by molar-refractivity contribution is -0.157. The van der Waals surface area contributed by atoms with E-state index < -0.39 is 35.6 Å². The standard InChI is InChI=1S/C26H23ClN2O4/c1-2-20(23(30)15-8-4-3-5-9-15)28(24(31)18-10-6-7-11-19(18)27)29-25(32)21-16-12-13-17(14-16)22(21)26(29)33/h3-13,16-17,20-22H,2,14H2,1H3/t16-,17-,20+,21-,22+/m0/s1. The smallest absolute Gasteiger partial charge is 0.275 e. The minimum atomic E-state index is -1.03. The van der Waals surface area contributed by atoms with E-state index in [-0.39, 0.29) is 34.6 Å². The molecule has 2 aromatic carbocycles. The summed E-state index contributed by atoms with van der Waals surface area (Å²) in [5.74, 6) is -2.80. The van der Waals surface area contributed by atoms with Gasteiger partial charge < -0.3 is 0 Å². The molecule has 0 N–H and O–H groups in total. The number of halogens is 1. The van der Waals surface area contributed by atoms with Gasteiger partial charge in [-0.1, -0.05) is 73.1 Å². The summed E-state index contributed by atoms with van der Waals surface area (Å²) >= 11 is 6.31. The van der Waals surface area contributed by atoms with Gasteiger partial charge in [-0.05, 0) is 36.8 Å². The van der Waals surface area contributed by atoms with E-state index in [1.807, 2.05) is 12.2 Å². The zero-order chi connectivity index (χ0) is 23.3. The predicted molar refractivity (Wildman–Crippen MR) is 122 cm³/mol. The van der Waals surface area contributed by atoms with E-state index in [1.54, 1.807) is 55.5 Å². The fraction of sp³-hybridized carbons (Fsp3) is 0.308. The van der Waals surface area contributed by atoms with Crippen molar-refractivity contribution in [3.63, 3.8) is 0 Å². The molecule has 2 bridgehead atoms. The highest BCUT2D eigenvalue weighted by Gasteiger charge is 2.62. The number of hydrazine groups is 1. The molecule has 6 nitrogen and oxygen atoms in total. The highest BCUT2D eigenvalue weighted by Crippen LogP contribution is 2.53. The number of ketones is 1. The quantitative estimate of drug-likeness (QED) is 0.367. The van der Waals surface area contributed by atoms with E-state index in [0.717, 1.165) is 16.4 Å². The van der Waals surface area contributed by atoms with Crippen molar-refractivity contribution in [2.24, 2.45) is 23.7 Å². The maximum Gasteiger partial charge on any atom is 0.275 e. The lowest BCUT2D eigenvalue weighted by Crippen LogP contribution is -2.57. The van der Waals surface area contributed by atoms with Gasteiger partial charge in [0.1, 0.15) is 6.04 Å². The Labute approximate surface area is 196 Å². The monoisotopic (exact) mass is 462 g/mol. The topological polar surface area (TPSA) is 74.8 Å². The molecule has 1 saturated carbocycles. The zero-order valence-electron chi connectivity index (χ0n) is 18.1. The number of benzene rings is 2. The molecule has 3 aliphatic rings. The number of amides is 3. The van der Waals surface area contributed by atoms with Gasteiger partial charge in [0.15, 0.2) is 5.78 Å². The fourth-order valence-electron chi connectivity index (χ4n) is 5.49. The van der Waals surface area contributed by atoms with Crippen LogP contribution < -0.4 is 0 Å². The van der Waals surface area contributed by atoms with Crippen LogP contribution in [0.3, 0.4) is 0 Å². The van der Waals surface area contributed by atoms with Gasteiger partial charge in [-0.25, -0.2) is 5.01 Å². The number of imide groups is 1. The van der Waals surface area contributed by atoms with Crippen LogP contribution in [0, 0.1) is 23.7 Å². The second-order valence-electron chi connectivity index (χ2n) is 8.77. The number of carbonyl (C=O) groups is 4. The molecular weight excluding hydrogens is 440 g/mol. The van der Waals surface area contributed by atoms with Crippen LogP contribution >= 0.6 is 11.6 Å². The second kappa shape index (κ2) is 8.27. The number of carbonyl (C=O) groups excluding carboxylic acids is 4. The van der Waals surface area contributed by atoms with E-state index in [4.69, 9.17) is 11.6 Å². The van der Waals surface area contributed by atoms with Crippen LogP contribution in [0.25, 0.3) is 0 Å². The summed E-state index contributed by atoms with van der Waals surface area (Å²) in [6.07, 6.45) is 4.99. The number of rotatable bonds is 6. The van der Waals surface area contributed by atoms with Gasteiger partial charge in [0.25, 0.3) is 17.7 Å². The Morgan fingerprint density at radius 1 is 0.970 bits per heavy atom. The van der Waals surface area contributed by atoms with Crippen molar-refractivity contribution in [1.82, 2.24) is 10.0 Å². The number of hydrogen-bond acceptors (Lipinski definition) is 4. The maximum atomic E-state index is 13.8. The largest absolute Gasteiger partial charge is 0.292 e. The molecule has 5 atom stereocenters. The highest BCUT2D eigenvalue weighted by atomic mass is 35.5. The maximum absolute atomic E-state index is 13.8. The van der Waals surface area contributed by atoms with Crippen molar-refractivity contribution in [3.05, 3.63) is 82.9 Å². The van der Waals surface area contributed by atoms with Crippen molar-refractivity contribution >= 4 is 35.1 Å². The van der Waals surface area contributed by atoms with Crippen molar-refractivity contribution < 1.29 is 19.2 Å². The van der Waals surface area contributed by atoms with Crippen LogP contribution in [0.2, 0.25) is 5.02 Å². The number of nitrogens with zero attached hydrogens (tertiary/aromatic N) is 2. The average molecular weight is 463 g/mol. The Morgan fingerprint density at radius 2 is 1.55 bits per heavy atom. The molecule has 1 saturated heterocycles. The molecule has 2 fully saturated rings. The molecule has 0 aromatic heterocycles. The first kappa shape index (κ1) is 21.6. The number of hydrogen-bond donors (Lipinski definition) is 0. The molecule has 33 heavy (non-hydrogen) atoms. The van der Waals surface area contributed by atoms with Gasteiger partial charge >= 0.3 is 0 Å². The van der Waals surface area contributed by atoms with Gasteiger partial charge in [0.2, 0.25) is 0 Å². The Hall–Kier alpha value is -3.25. The normalized spacial score (nSPS) is 25.9. The lowest BCUT2D eigenvalue weighted by Gasteiger charge is -2.36. The molecule has 7 heteroatoms. The predicted octanol–water partition coefficient (Wildman–Crippen LogP) is 4.17. The molecule has 5 rings (SSSR count). The molecule has 0 spiro atoms. The van der Waals surface area contributed by atoms with Crippen molar-refractivity contribution in [1.29, 1.82) is 0 Å². The van der Waals surface area contributed by atoms with Crippen LogP contribution in [0.15, 0.2) is 66.7 Å². The summed E-state index contributed by atoms with van der Waals surface area (Å²) in [5, 5.41) is 2.21. The molecule has 1 heterocycles. The van der Waals surface area contributed by atoms with Gasteiger partial charge in [0.05, 0.1) is 22.4 Å². The van der Waals surface area contributed by atoms with Crippen LogP contribution in [0.4, 0.5) is 0 Å². The van der Waals surface area contributed by atoms with Crippen LogP contribution in [-0.2, 0) is 9.59 Å². The van der Waals surface area contributed by atoms with E-state index in [9.17, 15) is 19.2 Å². The van der Waals surface area contributed by atoms with Crippen molar-refractivity contribution in [3.8, 4) is 0 Å². The number of fused-ring (bicyclic) bond motifs is 5. The lowest BCUT2D eigenvalue weighted by atomic mass is 9.85.